The minimum atomic E-state index is -3.41. The summed E-state index contributed by atoms with van der Waals surface area (Å²) in [5.74, 6) is -0.0241. The van der Waals surface area contributed by atoms with E-state index in [1.807, 2.05) is 25.1 Å². The Bertz CT molecular complexity index is 1300. The van der Waals surface area contributed by atoms with E-state index in [1.54, 1.807) is 39.0 Å². The van der Waals surface area contributed by atoms with Gasteiger partial charge in [-0.2, -0.15) is 0 Å². The van der Waals surface area contributed by atoms with Crippen LogP contribution in [0.1, 0.15) is 55.1 Å². The largest absolute Gasteiger partial charge is 0.442 e. The highest BCUT2D eigenvalue weighted by Crippen LogP contribution is 2.34. The number of hydrogen-bond donors (Lipinski definition) is 1. The Morgan fingerprint density at radius 2 is 1.86 bits per heavy atom. The molecule has 0 spiro atoms. The van der Waals surface area contributed by atoms with E-state index in [2.05, 4.69) is 4.72 Å². The van der Waals surface area contributed by atoms with Gasteiger partial charge in [0.1, 0.15) is 5.60 Å². The van der Waals surface area contributed by atoms with E-state index in [0.29, 0.717) is 31.0 Å². The number of carbonyl (C=O) groups excluding carboxylic acids is 2. The van der Waals surface area contributed by atoms with Gasteiger partial charge in [0.2, 0.25) is 10.0 Å². The first-order valence-corrected chi connectivity index (χ1v) is 14.3. The molecule has 0 aliphatic carbocycles. The maximum absolute atomic E-state index is 13.6. The van der Waals surface area contributed by atoms with Crippen molar-refractivity contribution in [2.75, 3.05) is 30.7 Å². The molecule has 1 N–H and O–H groups in total. The lowest BCUT2D eigenvalue weighted by molar-refractivity contribution is -0.0521. The van der Waals surface area contributed by atoms with E-state index in [0.717, 1.165) is 41.4 Å². The Kier molecular flexibility index (Phi) is 7.52. The van der Waals surface area contributed by atoms with Crippen LogP contribution in [0.3, 0.4) is 0 Å². The summed E-state index contributed by atoms with van der Waals surface area (Å²) in [6.45, 7) is 9.19. The van der Waals surface area contributed by atoms with Crippen molar-refractivity contribution in [1.29, 1.82) is 0 Å². The first-order valence-electron chi connectivity index (χ1n) is 12.4. The lowest BCUT2D eigenvalue weighted by Gasteiger charge is -2.36. The van der Waals surface area contributed by atoms with Crippen LogP contribution < -0.4 is 4.72 Å². The minimum absolute atomic E-state index is 0.208. The predicted molar refractivity (Wildman–Crippen MR) is 141 cm³/mol. The number of sulfonamides is 1. The Morgan fingerprint density at radius 1 is 1.16 bits per heavy atom. The molecule has 2 aromatic rings. The molecule has 1 saturated heterocycles. The fraction of sp³-hybridized carbons (Fsp3) is 0.481. The highest BCUT2D eigenvalue weighted by atomic mass is 32.2. The maximum atomic E-state index is 13.6. The number of nitrogens with one attached hydrogen (secondary N) is 1. The number of ether oxygens (including phenoxy) is 2. The highest BCUT2D eigenvalue weighted by molar-refractivity contribution is 7.92. The molecule has 200 valence electrons. The van der Waals surface area contributed by atoms with Crippen molar-refractivity contribution in [2.24, 2.45) is 5.92 Å². The number of anilines is 1. The average Bonchev–Trinajstić information content (AvgIpc) is 3.12. The summed E-state index contributed by atoms with van der Waals surface area (Å²) in [6, 6.07) is 11.0. The van der Waals surface area contributed by atoms with Crippen molar-refractivity contribution < 1.29 is 27.5 Å². The zero-order valence-corrected chi connectivity index (χ0v) is 22.9. The molecule has 10 heteroatoms. The molecule has 0 bridgehead atoms. The quantitative estimate of drug-likeness (QED) is 0.588. The molecule has 2 aliphatic heterocycles. The summed E-state index contributed by atoms with van der Waals surface area (Å²) < 4.78 is 37.0. The summed E-state index contributed by atoms with van der Waals surface area (Å²) in [6.07, 6.45) is 2.19. The smallest absolute Gasteiger partial charge is 0.429 e. The first kappa shape index (κ1) is 26.9. The number of hydrogen-bond acceptors (Lipinski definition) is 6. The van der Waals surface area contributed by atoms with Gasteiger partial charge in [0.15, 0.2) is 0 Å². The van der Waals surface area contributed by atoms with E-state index < -0.39 is 21.7 Å². The van der Waals surface area contributed by atoms with E-state index in [1.165, 1.54) is 10.0 Å². The minimum Gasteiger partial charge on any atom is -0.442 e. The van der Waals surface area contributed by atoms with Crippen LogP contribution in [0, 0.1) is 12.8 Å². The van der Waals surface area contributed by atoms with Crippen LogP contribution in [0.25, 0.3) is 11.1 Å². The van der Waals surface area contributed by atoms with E-state index in [4.69, 9.17) is 9.47 Å². The molecule has 9 nitrogen and oxygen atoms in total. The van der Waals surface area contributed by atoms with Crippen molar-refractivity contribution in [2.45, 2.75) is 52.7 Å². The van der Waals surface area contributed by atoms with Gasteiger partial charge in [-0.1, -0.05) is 18.2 Å². The van der Waals surface area contributed by atoms with Gasteiger partial charge in [0, 0.05) is 31.0 Å². The van der Waals surface area contributed by atoms with Crippen LogP contribution >= 0.6 is 0 Å². The van der Waals surface area contributed by atoms with Gasteiger partial charge in [-0.05, 0) is 86.9 Å². The summed E-state index contributed by atoms with van der Waals surface area (Å²) in [5.41, 5.74) is 3.61. The van der Waals surface area contributed by atoms with Gasteiger partial charge in [-0.15, -0.1) is 0 Å². The number of hydrazine groups is 1. The fourth-order valence-electron chi connectivity index (χ4n) is 4.75. The number of rotatable bonds is 6. The number of nitrogens with zero attached hydrogens (tertiary/aromatic N) is 2. The van der Waals surface area contributed by atoms with Crippen LogP contribution in [-0.4, -0.2) is 62.1 Å². The molecule has 2 amide bonds. The monoisotopic (exact) mass is 529 g/mol. The van der Waals surface area contributed by atoms with Gasteiger partial charge >= 0.3 is 6.09 Å². The zero-order chi connectivity index (χ0) is 27.0. The Balaban J connectivity index is 1.64. The Labute approximate surface area is 218 Å². The average molecular weight is 530 g/mol. The molecule has 0 unspecified atom stereocenters. The molecule has 2 heterocycles. The Morgan fingerprint density at radius 3 is 2.51 bits per heavy atom. The van der Waals surface area contributed by atoms with Crippen LogP contribution in [0.4, 0.5) is 10.5 Å². The number of benzene rings is 2. The van der Waals surface area contributed by atoms with Crippen molar-refractivity contribution >= 4 is 27.7 Å². The lowest BCUT2D eigenvalue weighted by Crippen LogP contribution is -2.51. The van der Waals surface area contributed by atoms with Gasteiger partial charge in [-0.25, -0.2) is 23.2 Å². The molecule has 4 rings (SSSR count). The summed E-state index contributed by atoms with van der Waals surface area (Å²) in [4.78, 5) is 26.9. The molecule has 1 fully saturated rings. The summed E-state index contributed by atoms with van der Waals surface area (Å²) >= 11 is 0. The fourth-order valence-corrected chi connectivity index (χ4v) is 5.31. The van der Waals surface area contributed by atoms with E-state index >= 15 is 0 Å². The third-order valence-electron chi connectivity index (χ3n) is 6.35. The lowest BCUT2D eigenvalue weighted by atomic mass is 9.96. The zero-order valence-electron chi connectivity index (χ0n) is 22.0. The van der Waals surface area contributed by atoms with Crippen LogP contribution in [-0.2, 0) is 26.0 Å². The molecule has 37 heavy (non-hydrogen) atoms. The van der Waals surface area contributed by atoms with Gasteiger partial charge in [-0.3, -0.25) is 9.52 Å². The van der Waals surface area contributed by atoms with Gasteiger partial charge in [0.05, 0.1) is 12.8 Å². The van der Waals surface area contributed by atoms with E-state index in [9.17, 15) is 18.0 Å². The number of amides is 2. The normalized spacial score (nSPS) is 16.5. The first-order chi connectivity index (χ1) is 17.3. The molecular formula is C27H35N3O6S. The third kappa shape index (κ3) is 6.61. The van der Waals surface area contributed by atoms with E-state index in [-0.39, 0.29) is 18.4 Å². The highest BCUT2D eigenvalue weighted by Gasteiger charge is 2.38. The van der Waals surface area contributed by atoms with Crippen molar-refractivity contribution in [3.63, 3.8) is 0 Å². The number of aryl methyl sites for hydroxylation is 1. The van der Waals surface area contributed by atoms with Crippen LogP contribution in [0.2, 0.25) is 0 Å². The second-order valence-electron chi connectivity index (χ2n) is 10.8. The van der Waals surface area contributed by atoms with Crippen molar-refractivity contribution in [3.8, 4) is 11.1 Å². The van der Waals surface area contributed by atoms with Crippen LogP contribution in [0.5, 0.6) is 0 Å². The predicted octanol–water partition coefficient (Wildman–Crippen LogP) is 4.57. The third-order valence-corrected chi connectivity index (χ3v) is 6.96. The van der Waals surface area contributed by atoms with Crippen LogP contribution in [0.15, 0.2) is 36.4 Å². The summed E-state index contributed by atoms with van der Waals surface area (Å²) in [5, 5.41) is 2.95. The second kappa shape index (κ2) is 10.3. The van der Waals surface area contributed by atoms with Gasteiger partial charge in [0.25, 0.3) is 5.91 Å². The van der Waals surface area contributed by atoms with Crippen molar-refractivity contribution in [1.82, 2.24) is 10.0 Å². The Hall–Kier alpha value is -3.11. The second-order valence-corrected chi connectivity index (χ2v) is 12.5. The molecule has 0 saturated carbocycles. The van der Waals surface area contributed by atoms with Crippen molar-refractivity contribution in [3.05, 3.63) is 53.1 Å². The molecule has 0 aromatic heterocycles. The number of fused-ring (bicyclic) bond motifs is 1. The molecular weight excluding hydrogens is 494 g/mol. The standard InChI is InChI=1S/C27H35N3O6S/c1-18-13-21(20-7-6-8-23(15-20)28-37(5,33)34)14-22-17-29(25(31)24(18)22)30(26(32)36-27(2,3)4)16-19-9-11-35-12-10-19/h6-8,13-15,19,28H,9-12,16-17H2,1-5H3. The maximum Gasteiger partial charge on any atom is 0.429 e. The molecule has 2 aliphatic rings. The summed E-state index contributed by atoms with van der Waals surface area (Å²) in [7, 11) is -3.41. The molecule has 2 aromatic carbocycles. The molecule has 0 radical (unpaired) electrons. The number of carbonyl (C=O) groups is 2. The SMILES string of the molecule is Cc1cc(-c2cccc(NS(C)(=O)=O)c2)cc2c1C(=O)N(N(CC1CCOCC1)C(=O)OC(C)(C)C)C2. The molecule has 0 atom stereocenters. The topological polar surface area (TPSA) is 105 Å². The van der Waals surface area contributed by atoms with Gasteiger partial charge < -0.3 is 9.47 Å².